The summed E-state index contributed by atoms with van der Waals surface area (Å²) < 4.78 is 33.4. The molecule has 20 heavy (non-hydrogen) atoms. The third-order valence-corrected chi connectivity index (χ3v) is 3.48. The number of rotatable bonds is 4. The van der Waals surface area contributed by atoms with Crippen molar-refractivity contribution >= 4 is 25.7 Å². The number of carbonyl (C=O) groups is 1. The van der Waals surface area contributed by atoms with Crippen LogP contribution in [0.1, 0.15) is 38.1 Å². The van der Waals surface area contributed by atoms with E-state index in [1.165, 1.54) is 12.1 Å². The summed E-state index contributed by atoms with van der Waals surface area (Å²) in [5.74, 6) is -0.517. The molecular weight excluding hydrogens is 304 g/mol. The van der Waals surface area contributed by atoms with Crippen molar-refractivity contribution in [3.05, 3.63) is 23.8 Å². The van der Waals surface area contributed by atoms with Crippen molar-refractivity contribution in [2.75, 3.05) is 6.61 Å². The van der Waals surface area contributed by atoms with Crippen LogP contribution in [0.2, 0.25) is 0 Å². The van der Waals surface area contributed by atoms with E-state index in [9.17, 15) is 13.2 Å². The first-order chi connectivity index (χ1) is 9.04. The highest BCUT2D eigenvalue weighted by Crippen LogP contribution is 2.28. The highest BCUT2D eigenvalue weighted by Gasteiger charge is 2.23. The molecule has 0 saturated heterocycles. The summed E-state index contributed by atoms with van der Waals surface area (Å²) in [6.45, 7) is 7.16. The Morgan fingerprint density at radius 3 is 2.35 bits per heavy atom. The van der Waals surface area contributed by atoms with Crippen LogP contribution in [-0.2, 0) is 13.8 Å². The van der Waals surface area contributed by atoms with Gasteiger partial charge in [-0.2, -0.15) is 0 Å². The second-order valence-electron chi connectivity index (χ2n) is 5.03. The molecule has 0 heterocycles. The molecule has 0 aliphatic heterocycles. The number of halogens is 1. The predicted molar refractivity (Wildman–Crippen MR) is 75.8 cm³/mol. The van der Waals surface area contributed by atoms with Crippen molar-refractivity contribution in [1.29, 1.82) is 0 Å². The minimum Gasteiger partial charge on any atom is -0.492 e. The number of esters is 1. The third kappa shape index (κ3) is 4.68. The Kier molecular flexibility index (Phi) is 5.05. The van der Waals surface area contributed by atoms with E-state index in [-0.39, 0.29) is 22.8 Å². The molecule has 0 unspecified atom stereocenters. The summed E-state index contributed by atoms with van der Waals surface area (Å²) in [6, 6.07) is 3.98. The van der Waals surface area contributed by atoms with Gasteiger partial charge in [0, 0.05) is 10.7 Å². The summed E-state index contributed by atoms with van der Waals surface area (Å²) in [5, 5.41) is 0. The van der Waals surface area contributed by atoms with Crippen molar-refractivity contribution in [2.45, 2.75) is 38.2 Å². The summed E-state index contributed by atoms with van der Waals surface area (Å²) in [4.78, 5) is 11.7. The van der Waals surface area contributed by atoms with Gasteiger partial charge < -0.3 is 9.47 Å². The maximum atomic E-state index is 11.9. The minimum atomic E-state index is -4.02. The quantitative estimate of drug-likeness (QED) is 0.630. The minimum absolute atomic E-state index is 0.0996. The van der Waals surface area contributed by atoms with Crippen LogP contribution in [0, 0.1) is 0 Å². The molecule has 112 valence electrons. The van der Waals surface area contributed by atoms with E-state index < -0.39 is 20.6 Å². The highest BCUT2D eigenvalue weighted by molar-refractivity contribution is 8.13. The maximum Gasteiger partial charge on any atom is 0.338 e. The average Bonchev–Trinajstić information content (AvgIpc) is 2.26. The van der Waals surface area contributed by atoms with Crippen LogP contribution in [0.3, 0.4) is 0 Å². The molecule has 5 nitrogen and oxygen atoms in total. The summed E-state index contributed by atoms with van der Waals surface area (Å²) in [5.41, 5.74) is -0.571. The van der Waals surface area contributed by atoms with Crippen molar-refractivity contribution in [2.24, 2.45) is 0 Å². The SMILES string of the molecule is CCOc1ccc(C(=O)OC(C)(C)C)cc1S(=O)(=O)Cl. The zero-order valence-corrected chi connectivity index (χ0v) is 13.3. The standard InChI is InChI=1S/C13H17ClO5S/c1-5-18-10-7-6-9(8-11(10)20(14,16)17)12(15)19-13(2,3)4/h6-8H,5H2,1-4H3. The van der Waals surface area contributed by atoms with Gasteiger partial charge in [0.1, 0.15) is 16.2 Å². The van der Waals surface area contributed by atoms with Crippen molar-refractivity contribution < 1.29 is 22.7 Å². The van der Waals surface area contributed by atoms with Crippen LogP contribution in [0.15, 0.2) is 23.1 Å². The Morgan fingerprint density at radius 1 is 1.30 bits per heavy atom. The molecule has 1 rings (SSSR count). The second kappa shape index (κ2) is 6.01. The fourth-order valence-corrected chi connectivity index (χ4v) is 2.43. The zero-order valence-electron chi connectivity index (χ0n) is 11.8. The molecule has 0 N–H and O–H groups in total. The average molecular weight is 321 g/mol. The van der Waals surface area contributed by atoms with Gasteiger partial charge in [-0.1, -0.05) is 0 Å². The number of hydrogen-bond donors (Lipinski definition) is 0. The van der Waals surface area contributed by atoms with Crippen LogP contribution >= 0.6 is 10.7 Å². The van der Waals surface area contributed by atoms with Crippen LogP contribution < -0.4 is 4.74 Å². The first-order valence-corrected chi connectivity index (χ1v) is 8.30. The lowest BCUT2D eigenvalue weighted by Gasteiger charge is -2.19. The van der Waals surface area contributed by atoms with Crippen LogP contribution in [0.5, 0.6) is 5.75 Å². The van der Waals surface area contributed by atoms with Gasteiger partial charge in [-0.25, -0.2) is 13.2 Å². The van der Waals surface area contributed by atoms with Gasteiger partial charge in [0.15, 0.2) is 0 Å². The first kappa shape index (κ1) is 16.8. The van der Waals surface area contributed by atoms with Crippen LogP contribution in [0.25, 0.3) is 0 Å². The Bertz CT molecular complexity index is 602. The summed E-state index contributed by atoms with van der Waals surface area (Å²) in [7, 11) is 1.33. The third-order valence-electron chi connectivity index (χ3n) is 2.14. The highest BCUT2D eigenvalue weighted by atomic mass is 35.7. The van der Waals surface area contributed by atoms with Gasteiger partial charge in [0.05, 0.1) is 12.2 Å². The molecule has 1 aromatic rings. The van der Waals surface area contributed by atoms with Crippen LogP contribution in [0.4, 0.5) is 0 Å². The van der Waals surface area contributed by atoms with E-state index in [0.29, 0.717) is 0 Å². The van der Waals surface area contributed by atoms with E-state index >= 15 is 0 Å². The summed E-state index contributed by atoms with van der Waals surface area (Å²) >= 11 is 0. The van der Waals surface area contributed by atoms with Crippen molar-refractivity contribution in [1.82, 2.24) is 0 Å². The second-order valence-corrected chi connectivity index (χ2v) is 7.57. The van der Waals surface area contributed by atoms with E-state index in [1.54, 1.807) is 27.7 Å². The van der Waals surface area contributed by atoms with Gasteiger partial charge in [0.2, 0.25) is 0 Å². The molecular formula is C13H17ClO5S. The van der Waals surface area contributed by atoms with Gasteiger partial charge in [-0.15, -0.1) is 0 Å². The Balaban J connectivity index is 3.23. The molecule has 0 spiro atoms. The largest absolute Gasteiger partial charge is 0.492 e. The fraction of sp³-hybridized carbons (Fsp3) is 0.462. The topological polar surface area (TPSA) is 69.7 Å². The Labute approximate surface area is 123 Å². The van der Waals surface area contributed by atoms with Crippen molar-refractivity contribution in [3.8, 4) is 5.75 Å². The first-order valence-electron chi connectivity index (χ1n) is 5.99. The smallest absolute Gasteiger partial charge is 0.338 e. The maximum absolute atomic E-state index is 11.9. The van der Waals surface area contributed by atoms with Crippen molar-refractivity contribution in [3.63, 3.8) is 0 Å². The summed E-state index contributed by atoms with van der Waals surface area (Å²) in [6.07, 6.45) is 0. The molecule has 0 bridgehead atoms. The fourth-order valence-electron chi connectivity index (χ4n) is 1.44. The molecule has 0 saturated carbocycles. The van der Waals surface area contributed by atoms with E-state index in [2.05, 4.69) is 0 Å². The lowest BCUT2D eigenvalue weighted by atomic mass is 10.1. The molecule has 0 aliphatic carbocycles. The van der Waals surface area contributed by atoms with Gasteiger partial charge in [-0.05, 0) is 45.9 Å². The lowest BCUT2D eigenvalue weighted by molar-refractivity contribution is 0.00692. The number of ether oxygens (including phenoxy) is 2. The molecule has 0 atom stereocenters. The molecule has 0 amide bonds. The van der Waals surface area contributed by atoms with E-state index in [1.807, 2.05) is 0 Å². The predicted octanol–water partition coefficient (Wildman–Crippen LogP) is 2.97. The molecule has 0 fully saturated rings. The molecule has 0 aliphatic rings. The van der Waals surface area contributed by atoms with Crippen LogP contribution in [-0.4, -0.2) is 26.6 Å². The zero-order chi connectivity index (χ0) is 15.6. The normalized spacial score (nSPS) is 12.1. The Hall–Kier alpha value is -1.27. The molecule has 1 aromatic carbocycles. The molecule has 0 radical (unpaired) electrons. The number of hydrogen-bond acceptors (Lipinski definition) is 5. The monoisotopic (exact) mass is 320 g/mol. The molecule has 7 heteroatoms. The van der Waals surface area contributed by atoms with E-state index in [0.717, 1.165) is 6.07 Å². The van der Waals surface area contributed by atoms with Gasteiger partial charge >= 0.3 is 5.97 Å². The van der Waals surface area contributed by atoms with Gasteiger partial charge in [0.25, 0.3) is 9.05 Å². The Morgan fingerprint density at radius 2 is 1.90 bits per heavy atom. The number of carbonyl (C=O) groups excluding carboxylic acids is 1. The van der Waals surface area contributed by atoms with E-state index in [4.69, 9.17) is 20.2 Å². The van der Waals surface area contributed by atoms with Gasteiger partial charge in [-0.3, -0.25) is 0 Å². The number of benzene rings is 1. The lowest BCUT2D eigenvalue weighted by Crippen LogP contribution is -2.24. The molecule has 0 aromatic heterocycles.